The molecule has 42 heavy (non-hydrogen) atoms. The highest BCUT2D eigenvalue weighted by molar-refractivity contribution is 5.93. The van der Waals surface area contributed by atoms with Gasteiger partial charge in [0.25, 0.3) is 0 Å². The van der Waals surface area contributed by atoms with Gasteiger partial charge in [-0.1, -0.05) is 24.1 Å². The van der Waals surface area contributed by atoms with Crippen molar-refractivity contribution in [3.8, 4) is 11.3 Å². The second-order valence-electron chi connectivity index (χ2n) is 13.4. The van der Waals surface area contributed by atoms with Crippen LogP contribution in [0.25, 0.3) is 22.3 Å². The lowest BCUT2D eigenvalue weighted by Crippen LogP contribution is -2.55. The maximum Gasteiger partial charge on any atom is 0.232 e. The normalized spacial score (nSPS) is 19.4. The molecule has 4 aromatic rings. The van der Waals surface area contributed by atoms with Gasteiger partial charge >= 0.3 is 0 Å². The van der Waals surface area contributed by atoms with Gasteiger partial charge < -0.3 is 15.2 Å². The number of rotatable bonds is 9. The van der Waals surface area contributed by atoms with E-state index in [-0.39, 0.29) is 11.8 Å². The Labute approximate surface area is 250 Å². The third-order valence-electron chi connectivity index (χ3n) is 9.71. The van der Waals surface area contributed by atoms with E-state index >= 15 is 0 Å². The fourth-order valence-electron chi connectivity index (χ4n) is 7.29. The average molecular weight is 564 g/mol. The average Bonchev–Trinajstić information content (AvgIpc) is 3.38. The van der Waals surface area contributed by atoms with Crippen LogP contribution in [0.1, 0.15) is 80.2 Å². The zero-order valence-corrected chi connectivity index (χ0v) is 25.8. The molecule has 3 aromatic heterocycles. The number of fused-ring (bicyclic) bond motifs is 4. The van der Waals surface area contributed by atoms with Gasteiger partial charge in [0.2, 0.25) is 5.91 Å². The Bertz CT molecular complexity index is 1540. The number of carbonyl (C=O) groups is 1. The first-order valence-electron chi connectivity index (χ1n) is 15.7. The summed E-state index contributed by atoms with van der Waals surface area (Å²) in [6, 6.07) is 13.5. The molecule has 6 heteroatoms. The molecule has 7 rings (SSSR count). The summed E-state index contributed by atoms with van der Waals surface area (Å²) in [5.74, 6) is 1.15. The molecule has 1 aromatic carbocycles. The largest absolute Gasteiger partial charge is 0.339 e. The van der Waals surface area contributed by atoms with E-state index in [0.717, 1.165) is 61.2 Å². The first-order chi connectivity index (χ1) is 20.2. The van der Waals surface area contributed by atoms with Crippen LogP contribution < -0.4 is 5.32 Å². The van der Waals surface area contributed by atoms with Crippen molar-refractivity contribution in [3.05, 3.63) is 82.8 Å². The maximum atomic E-state index is 14.0. The fourth-order valence-corrected chi connectivity index (χ4v) is 7.29. The predicted octanol–water partition coefficient (Wildman–Crippen LogP) is 6.86. The van der Waals surface area contributed by atoms with E-state index in [0.29, 0.717) is 12.0 Å². The van der Waals surface area contributed by atoms with E-state index in [4.69, 9.17) is 4.98 Å². The van der Waals surface area contributed by atoms with Crippen molar-refractivity contribution in [1.29, 1.82) is 0 Å². The third kappa shape index (κ3) is 5.61. The maximum absolute atomic E-state index is 14.0. The summed E-state index contributed by atoms with van der Waals surface area (Å²) in [5, 5.41) is 4.81. The number of H-pyrrole nitrogens is 1. The summed E-state index contributed by atoms with van der Waals surface area (Å²) < 4.78 is 0. The number of hydrogen-bond acceptors (Lipinski definition) is 4. The van der Waals surface area contributed by atoms with Crippen molar-refractivity contribution in [1.82, 2.24) is 25.2 Å². The quantitative estimate of drug-likeness (QED) is 0.218. The highest BCUT2D eigenvalue weighted by Gasteiger charge is 2.42. The van der Waals surface area contributed by atoms with Crippen molar-refractivity contribution in [2.24, 2.45) is 5.92 Å². The molecule has 6 nitrogen and oxygen atoms in total. The van der Waals surface area contributed by atoms with E-state index in [1.165, 1.54) is 40.7 Å². The number of nitrogens with one attached hydrogen (secondary N) is 2. The monoisotopic (exact) mass is 563 g/mol. The Balaban J connectivity index is 1.33. The summed E-state index contributed by atoms with van der Waals surface area (Å²) in [6.45, 7) is 13.4. The highest BCUT2D eigenvalue weighted by Crippen LogP contribution is 2.40. The topological polar surface area (TPSA) is 73.9 Å². The molecular weight excluding hydrogens is 518 g/mol. The van der Waals surface area contributed by atoms with Crippen LogP contribution in [0.3, 0.4) is 0 Å². The van der Waals surface area contributed by atoms with E-state index in [1.54, 1.807) is 0 Å². The van der Waals surface area contributed by atoms with Gasteiger partial charge in [-0.15, -0.1) is 0 Å². The Morgan fingerprint density at radius 1 is 1.07 bits per heavy atom. The van der Waals surface area contributed by atoms with Gasteiger partial charge in [0.05, 0.1) is 11.1 Å². The molecule has 0 radical (unpaired) electrons. The number of aromatic nitrogens is 3. The minimum Gasteiger partial charge on any atom is -0.339 e. The summed E-state index contributed by atoms with van der Waals surface area (Å²) in [5.41, 5.74) is 8.59. The van der Waals surface area contributed by atoms with Crippen LogP contribution >= 0.6 is 0 Å². The second-order valence-corrected chi connectivity index (χ2v) is 13.4. The van der Waals surface area contributed by atoms with Crippen molar-refractivity contribution >= 4 is 16.9 Å². The lowest BCUT2D eigenvalue weighted by Gasteiger charge is -2.47. The van der Waals surface area contributed by atoms with E-state index < -0.39 is 5.41 Å². The van der Waals surface area contributed by atoms with Crippen LogP contribution in [0.15, 0.2) is 55.0 Å². The molecule has 5 heterocycles. The molecular formula is C36H45N5O. The van der Waals surface area contributed by atoms with Crippen molar-refractivity contribution in [2.45, 2.75) is 84.1 Å². The summed E-state index contributed by atoms with van der Waals surface area (Å²) >= 11 is 0. The molecule has 2 saturated heterocycles. The van der Waals surface area contributed by atoms with E-state index in [1.807, 2.05) is 18.6 Å². The van der Waals surface area contributed by atoms with Crippen LogP contribution in [-0.4, -0.2) is 51.4 Å². The fraction of sp³-hybridized carbons (Fsp3) is 0.472. The van der Waals surface area contributed by atoms with Crippen LogP contribution in [0.4, 0.5) is 0 Å². The van der Waals surface area contributed by atoms with Crippen molar-refractivity contribution in [2.75, 3.05) is 19.6 Å². The summed E-state index contributed by atoms with van der Waals surface area (Å²) in [7, 11) is 0. The molecule has 1 saturated carbocycles. The zero-order chi connectivity index (χ0) is 29.4. The standard InChI is InChI=1S/C36H45N5O/c1-23-16-24(2)18-28(17-23)33-32(25(3)20-38-15-12-26-10-13-37-14-11-26)31-19-29(21-39-34(31)40-33)36(4,5)35(42)41-22-27-6-8-30(41)9-7-27/h10-11,13-14,16-19,21,25,27,30,38H,6-9,12,15,20,22H2,1-5H3,(H,39,40)/t25-,27?,30?/m1/s1. The van der Waals surface area contributed by atoms with Crippen LogP contribution in [0.2, 0.25) is 0 Å². The van der Waals surface area contributed by atoms with Crippen molar-refractivity contribution < 1.29 is 4.79 Å². The number of amides is 1. The number of pyridine rings is 2. The smallest absolute Gasteiger partial charge is 0.232 e. The molecule has 1 aliphatic carbocycles. The number of carbonyl (C=O) groups excluding carboxylic acids is 1. The van der Waals surface area contributed by atoms with Gasteiger partial charge in [0.15, 0.2) is 0 Å². The molecule has 1 atom stereocenters. The van der Waals surface area contributed by atoms with Gasteiger partial charge in [0, 0.05) is 43.1 Å². The van der Waals surface area contributed by atoms with Gasteiger partial charge in [-0.2, -0.15) is 0 Å². The van der Waals surface area contributed by atoms with Gasteiger partial charge in [-0.25, -0.2) is 4.98 Å². The van der Waals surface area contributed by atoms with Gasteiger partial charge in [-0.05, 0) is 131 Å². The third-order valence-corrected chi connectivity index (χ3v) is 9.71. The Hall–Kier alpha value is -3.51. The molecule has 220 valence electrons. The first kappa shape index (κ1) is 28.6. The van der Waals surface area contributed by atoms with Crippen molar-refractivity contribution in [3.63, 3.8) is 0 Å². The number of aromatic amines is 1. The lowest BCUT2D eigenvalue weighted by molar-refractivity contribution is -0.144. The second kappa shape index (κ2) is 11.6. The molecule has 2 N–H and O–H groups in total. The SMILES string of the molecule is Cc1cc(C)cc(-c2[nH]c3ncc(C(C)(C)C(=O)N4CC5CCC4CC5)cc3c2[C@H](C)CNCCc2ccncc2)c1. The number of piperidine rings is 2. The molecule has 3 fully saturated rings. The van der Waals surface area contributed by atoms with Crippen LogP contribution in [0, 0.1) is 19.8 Å². The summed E-state index contributed by atoms with van der Waals surface area (Å²) in [6.07, 6.45) is 11.4. The minimum absolute atomic E-state index is 0.237. The number of hydrogen-bond donors (Lipinski definition) is 2. The lowest BCUT2D eigenvalue weighted by atomic mass is 9.76. The van der Waals surface area contributed by atoms with E-state index in [9.17, 15) is 4.79 Å². The van der Waals surface area contributed by atoms with Crippen LogP contribution in [-0.2, 0) is 16.6 Å². The minimum atomic E-state index is -0.640. The molecule has 2 bridgehead atoms. The number of nitrogens with zero attached hydrogens (tertiary/aromatic N) is 3. The highest BCUT2D eigenvalue weighted by atomic mass is 16.2. The Kier molecular flexibility index (Phi) is 7.93. The summed E-state index contributed by atoms with van der Waals surface area (Å²) in [4.78, 5) is 29.0. The molecule has 2 aliphatic heterocycles. The molecule has 0 spiro atoms. The van der Waals surface area contributed by atoms with Crippen LogP contribution in [0.5, 0.6) is 0 Å². The Morgan fingerprint density at radius 2 is 1.79 bits per heavy atom. The van der Waals surface area contributed by atoms with Gasteiger partial charge in [0.1, 0.15) is 5.65 Å². The molecule has 1 amide bonds. The first-order valence-corrected chi connectivity index (χ1v) is 15.7. The predicted molar refractivity (Wildman–Crippen MR) is 171 cm³/mol. The Morgan fingerprint density at radius 3 is 2.45 bits per heavy atom. The van der Waals surface area contributed by atoms with E-state index in [2.05, 4.69) is 91.2 Å². The number of aryl methyl sites for hydroxylation is 2. The molecule has 3 aliphatic rings. The molecule has 0 unspecified atom stereocenters. The number of benzene rings is 1. The van der Waals surface area contributed by atoms with Gasteiger partial charge in [-0.3, -0.25) is 9.78 Å². The zero-order valence-electron chi connectivity index (χ0n) is 25.8.